The lowest BCUT2D eigenvalue weighted by Gasteiger charge is -2.42. The third kappa shape index (κ3) is 4.82. The first-order chi connectivity index (χ1) is 13.6. The number of thioether (sulfide) groups is 1. The minimum Gasteiger partial charge on any atom is -0.497 e. The van der Waals surface area contributed by atoms with Crippen LogP contribution < -0.4 is 4.74 Å². The van der Waals surface area contributed by atoms with Gasteiger partial charge in [0, 0.05) is 14.1 Å². The van der Waals surface area contributed by atoms with Gasteiger partial charge in [0.25, 0.3) is 0 Å². The molecule has 0 aromatic heterocycles. The van der Waals surface area contributed by atoms with E-state index in [2.05, 4.69) is 4.99 Å². The molecule has 1 aromatic rings. The summed E-state index contributed by atoms with van der Waals surface area (Å²) in [6.07, 6.45) is -9.36. The Morgan fingerprint density at radius 2 is 1.86 bits per heavy atom. The molecule has 3 rings (SSSR count). The normalized spacial score (nSPS) is 30.5. The zero-order valence-corrected chi connectivity index (χ0v) is 17.2. The van der Waals surface area contributed by atoms with E-state index in [1.807, 2.05) is 0 Å². The van der Waals surface area contributed by atoms with E-state index in [4.69, 9.17) is 9.47 Å². The number of methoxy groups -OCH3 is 1. The molecule has 0 amide bonds. The maximum Gasteiger partial charge on any atom is 0.394 e. The molecule has 29 heavy (non-hydrogen) atoms. The number of halogens is 3. The molecule has 0 bridgehead atoms. The topological polar surface area (TPSA) is 74.5 Å². The van der Waals surface area contributed by atoms with Crippen molar-refractivity contribution in [1.29, 1.82) is 0 Å². The Morgan fingerprint density at radius 1 is 1.21 bits per heavy atom. The maximum absolute atomic E-state index is 13.8. The van der Waals surface area contributed by atoms with E-state index in [-0.39, 0.29) is 12.8 Å². The summed E-state index contributed by atoms with van der Waals surface area (Å²) in [7, 11) is 5.01. The first-order valence-corrected chi connectivity index (χ1v) is 10.1. The van der Waals surface area contributed by atoms with Crippen molar-refractivity contribution in [2.75, 3.05) is 21.2 Å². The molecule has 1 aromatic carbocycles. The number of amidine groups is 1. The molecule has 1 fully saturated rings. The fraction of sp³-hybridized carbons (Fsp3) is 0.632. The number of aryl methyl sites for hydroxylation is 1. The van der Waals surface area contributed by atoms with Crippen LogP contribution >= 0.6 is 11.8 Å². The van der Waals surface area contributed by atoms with Crippen LogP contribution in [-0.2, 0) is 11.2 Å². The largest absolute Gasteiger partial charge is 0.497 e. The van der Waals surface area contributed by atoms with E-state index in [0.717, 1.165) is 17.3 Å². The molecule has 0 spiro atoms. The average molecular weight is 434 g/mol. The van der Waals surface area contributed by atoms with Crippen molar-refractivity contribution in [2.24, 2.45) is 10.9 Å². The summed E-state index contributed by atoms with van der Waals surface area (Å²) in [5.74, 6) is -1.30. The number of hydrogen-bond acceptors (Lipinski definition) is 7. The number of aliphatic hydroxyl groups is 2. The highest BCUT2D eigenvalue weighted by molar-refractivity contribution is 8.14. The fourth-order valence-corrected chi connectivity index (χ4v) is 4.70. The highest BCUT2D eigenvalue weighted by Gasteiger charge is 2.56. The second-order valence-electron chi connectivity index (χ2n) is 7.40. The summed E-state index contributed by atoms with van der Waals surface area (Å²) in [6.45, 7) is 0. The van der Waals surface area contributed by atoms with Gasteiger partial charge in [-0.25, -0.2) is 0 Å². The Hall–Kier alpha value is -1.49. The smallest absolute Gasteiger partial charge is 0.394 e. The molecule has 1 saturated heterocycles. The molecule has 2 heterocycles. The van der Waals surface area contributed by atoms with Crippen LogP contribution in [0.3, 0.4) is 0 Å². The van der Waals surface area contributed by atoms with Crippen LogP contribution in [0.2, 0.25) is 0 Å². The Morgan fingerprint density at radius 3 is 2.41 bits per heavy atom. The number of benzene rings is 1. The number of nitrogens with zero attached hydrogens (tertiary/aromatic N) is 2. The zero-order chi connectivity index (χ0) is 21.3. The third-order valence-corrected chi connectivity index (χ3v) is 6.49. The molecule has 0 aliphatic carbocycles. The third-order valence-electron chi connectivity index (χ3n) is 5.19. The summed E-state index contributed by atoms with van der Waals surface area (Å²) in [6, 6.07) is 6.00. The molecule has 2 aliphatic rings. The second kappa shape index (κ2) is 8.71. The highest BCUT2D eigenvalue weighted by Crippen LogP contribution is 2.43. The predicted octanol–water partition coefficient (Wildman–Crippen LogP) is 2.29. The number of ether oxygens (including phenoxy) is 2. The van der Waals surface area contributed by atoms with Crippen LogP contribution in [0.25, 0.3) is 0 Å². The quantitative estimate of drug-likeness (QED) is 0.741. The lowest BCUT2D eigenvalue weighted by molar-refractivity contribution is -0.250. The van der Waals surface area contributed by atoms with Gasteiger partial charge in [-0.2, -0.15) is 13.2 Å². The monoisotopic (exact) mass is 434 g/mol. The van der Waals surface area contributed by atoms with Crippen molar-refractivity contribution < 1.29 is 32.9 Å². The summed E-state index contributed by atoms with van der Waals surface area (Å²) in [5.41, 5.74) is -0.0427. The molecule has 162 valence electrons. The molecule has 2 N–H and O–H groups in total. The average Bonchev–Trinajstić information content (AvgIpc) is 3.10. The molecule has 6 nitrogen and oxygen atoms in total. The summed E-state index contributed by atoms with van der Waals surface area (Å²) >= 11 is 1.16. The van der Waals surface area contributed by atoms with Crippen molar-refractivity contribution in [3.05, 3.63) is 29.8 Å². The Bertz CT molecular complexity index is 729. The van der Waals surface area contributed by atoms with Gasteiger partial charge in [-0.3, -0.25) is 4.99 Å². The minimum absolute atomic E-state index is 0.150. The van der Waals surface area contributed by atoms with Crippen molar-refractivity contribution >= 4 is 16.9 Å². The maximum atomic E-state index is 13.8. The zero-order valence-electron chi connectivity index (χ0n) is 16.3. The lowest BCUT2D eigenvalue weighted by atomic mass is 9.85. The van der Waals surface area contributed by atoms with Crippen LogP contribution in [0.15, 0.2) is 29.3 Å². The van der Waals surface area contributed by atoms with Crippen LogP contribution in [0, 0.1) is 5.92 Å². The highest BCUT2D eigenvalue weighted by atomic mass is 32.2. The minimum atomic E-state index is -4.58. The van der Waals surface area contributed by atoms with E-state index in [9.17, 15) is 23.4 Å². The van der Waals surface area contributed by atoms with Gasteiger partial charge in [-0.15, -0.1) is 0 Å². The van der Waals surface area contributed by atoms with Gasteiger partial charge in [0.15, 0.2) is 5.17 Å². The SMILES string of the molecule is COc1ccc(CC[C@H](C2O[C@@H]3SC(N(C)C)=N[C@@H]3[C@@H](O)[C@@H]2O)C(F)(F)F)cc1. The van der Waals surface area contributed by atoms with E-state index in [0.29, 0.717) is 10.9 Å². The number of rotatable bonds is 5. The number of alkyl halides is 3. The van der Waals surface area contributed by atoms with E-state index < -0.39 is 41.9 Å². The van der Waals surface area contributed by atoms with Gasteiger partial charge >= 0.3 is 6.18 Å². The molecule has 0 radical (unpaired) electrons. The van der Waals surface area contributed by atoms with Crippen molar-refractivity contribution in [1.82, 2.24) is 4.90 Å². The molecule has 6 atom stereocenters. The summed E-state index contributed by atoms with van der Waals surface area (Å²) in [4.78, 5) is 5.98. The number of fused-ring (bicyclic) bond motifs is 1. The lowest BCUT2D eigenvalue weighted by Crippen LogP contribution is -2.59. The number of hydrogen-bond donors (Lipinski definition) is 2. The molecule has 1 unspecified atom stereocenters. The van der Waals surface area contributed by atoms with Crippen molar-refractivity contribution in [2.45, 2.75) is 48.8 Å². The van der Waals surface area contributed by atoms with E-state index in [1.54, 1.807) is 43.3 Å². The van der Waals surface area contributed by atoms with Crippen LogP contribution in [0.1, 0.15) is 12.0 Å². The molecule has 0 saturated carbocycles. The Labute approximate surface area is 171 Å². The molecular weight excluding hydrogens is 409 g/mol. The molecule has 2 aliphatic heterocycles. The van der Waals surface area contributed by atoms with E-state index in [1.165, 1.54) is 7.11 Å². The van der Waals surface area contributed by atoms with Gasteiger partial charge in [-0.05, 0) is 30.5 Å². The number of aliphatic hydroxyl groups excluding tert-OH is 2. The van der Waals surface area contributed by atoms with Crippen molar-refractivity contribution in [3.63, 3.8) is 0 Å². The first kappa shape index (κ1) is 22.2. The molecular formula is C19H25F3N2O4S. The summed E-state index contributed by atoms with van der Waals surface area (Å²) < 4.78 is 52.2. The van der Waals surface area contributed by atoms with Gasteiger partial charge < -0.3 is 24.6 Å². The van der Waals surface area contributed by atoms with E-state index >= 15 is 0 Å². The standard InChI is InChI=1S/C19H25F3N2O4S/c1-24(2)18-23-13-14(25)15(26)16(28-17(13)29-18)12(19(20,21)22)9-6-10-4-7-11(27-3)8-5-10/h4-5,7-8,12-17,25-26H,6,9H2,1-3H3/t12-,13-,14-,15+,16?,17-/m1/s1. The van der Waals surface area contributed by atoms with Gasteiger partial charge in [0.05, 0.1) is 19.1 Å². The number of aliphatic imine (C=N–C) groups is 1. The van der Waals surface area contributed by atoms with Crippen LogP contribution in [0.5, 0.6) is 5.75 Å². The van der Waals surface area contributed by atoms with Crippen molar-refractivity contribution in [3.8, 4) is 5.75 Å². The van der Waals surface area contributed by atoms with Crippen LogP contribution in [-0.4, -0.2) is 77.5 Å². The van der Waals surface area contributed by atoms with Gasteiger partial charge in [0.1, 0.15) is 29.4 Å². The Balaban J connectivity index is 1.75. The van der Waals surface area contributed by atoms with Gasteiger partial charge in [0.2, 0.25) is 0 Å². The fourth-order valence-electron chi connectivity index (χ4n) is 3.55. The van der Waals surface area contributed by atoms with Gasteiger partial charge in [-0.1, -0.05) is 23.9 Å². The molecule has 10 heteroatoms. The second-order valence-corrected chi connectivity index (χ2v) is 8.47. The summed E-state index contributed by atoms with van der Waals surface area (Å²) in [5, 5.41) is 21.4. The first-order valence-electron chi connectivity index (χ1n) is 9.25. The Kier molecular flexibility index (Phi) is 6.67. The predicted molar refractivity (Wildman–Crippen MR) is 104 cm³/mol. The van der Waals surface area contributed by atoms with Crippen LogP contribution in [0.4, 0.5) is 13.2 Å².